The largest absolute Gasteiger partial charge is 0.481 e. The summed E-state index contributed by atoms with van der Waals surface area (Å²) in [5.41, 5.74) is 0. The van der Waals surface area contributed by atoms with E-state index in [0.717, 1.165) is 38.5 Å². The van der Waals surface area contributed by atoms with Crippen LogP contribution in [0, 0.1) is 5.92 Å². The first-order chi connectivity index (χ1) is 9.56. The Morgan fingerprint density at radius 1 is 1.05 bits per heavy atom. The number of hydrogen-bond acceptors (Lipinski definition) is 3. The summed E-state index contributed by atoms with van der Waals surface area (Å²) in [6.45, 7) is 0. The Hall–Kier alpha value is -1.30. The maximum absolute atomic E-state index is 12.4. The zero-order valence-corrected chi connectivity index (χ0v) is 11.5. The van der Waals surface area contributed by atoms with Gasteiger partial charge in [0, 0.05) is 18.1 Å². The van der Waals surface area contributed by atoms with Gasteiger partial charge in [-0.3, -0.25) is 4.79 Å². The molecule has 3 unspecified atom stereocenters. The lowest BCUT2D eigenvalue weighted by Crippen LogP contribution is -2.49. The van der Waals surface area contributed by atoms with E-state index in [9.17, 15) is 19.8 Å². The van der Waals surface area contributed by atoms with Crippen LogP contribution in [0.4, 0.5) is 4.79 Å². The molecule has 3 fully saturated rings. The zero-order valence-electron chi connectivity index (χ0n) is 11.5. The molecule has 6 heteroatoms. The van der Waals surface area contributed by atoms with Crippen LogP contribution in [0.5, 0.6) is 0 Å². The van der Waals surface area contributed by atoms with Gasteiger partial charge in [-0.1, -0.05) is 0 Å². The maximum atomic E-state index is 12.4. The third-order valence-corrected chi connectivity index (χ3v) is 5.11. The Bertz CT molecular complexity index is 406. The van der Waals surface area contributed by atoms with E-state index in [1.807, 2.05) is 0 Å². The number of carbonyl (C=O) groups excluding carboxylic acids is 1. The van der Waals surface area contributed by atoms with E-state index >= 15 is 0 Å². The van der Waals surface area contributed by atoms with Gasteiger partial charge in [0.15, 0.2) is 0 Å². The van der Waals surface area contributed by atoms with Crippen molar-refractivity contribution < 1.29 is 19.8 Å². The van der Waals surface area contributed by atoms with Crippen LogP contribution in [0.15, 0.2) is 0 Å². The number of urea groups is 1. The molecule has 2 bridgehead atoms. The summed E-state index contributed by atoms with van der Waals surface area (Å²) in [6.07, 6.45) is 5.16. The summed E-state index contributed by atoms with van der Waals surface area (Å²) in [5.74, 6) is -1.18. The number of aliphatic carboxylic acids is 1. The number of carbonyl (C=O) groups is 2. The average Bonchev–Trinajstić information content (AvgIpc) is 2.99. The smallest absolute Gasteiger partial charge is 0.318 e. The minimum atomic E-state index is -0.782. The van der Waals surface area contributed by atoms with Gasteiger partial charge in [-0.05, 0) is 44.9 Å². The predicted molar refractivity (Wildman–Crippen MR) is 71.2 cm³/mol. The average molecular weight is 282 g/mol. The number of amides is 2. The van der Waals surface area contributed by atoms with Crippen LogP contribution < -0.4 is 5.32 Å². The number of carboxylic acid groups (broad SMARTS) is 1. The highest BCUT2D eigenvalue weighted by atomic mass is 16.4. The van der Waals surface area contributed by atoms with E-state index in [4.69, 9.17) is 0 Å². The van der Waals surface area contributed by atoms with Crippen molar-refractivity contribution in [2.45, 2.75) is 69.2 Å². The molecule has 0 radical (unpaired) electrons. The van der Waals surface area contributed by atoms with Crippen molar-refractivity contribution in [3.8, 4) is 0 Å². The summed E-state index contributed by atoms with van der Waals surface area (Å²) in [4.78, 5) is 25.4. The van der Waals surface area contributed by atoms with Crippen LogP contribution in [0.1, 0.15) is 44.9 Å². The van der Waals surface area contributed by atoms with Gasteiger partial charge in [-0.25, -0.2) is 4.79 Å². The Morgan fingerprint density at radius 2 is 1.75 bits per heavy atom. The lowest BCUT2D eigenvalue weighted by atomic mass is 9.89. The van der Waals surface area contributed by atoms with Gasteiger partial charge >= 0.3 is 12.0 Å². The van der Waals surface area contributed by atoms with Crippen LogP contribution in [0.3, 0.4) is 0 Å². The SMILES string of the molecule is O=C(O)C1CC2CCC1N2C(=O)NC1CCC(O)CC1. The molecule has 2 aliphatic heterocycles. The number of fused-ring (bicyclic) bond motifs is 2. The maximum Gasteiger partial charge on any atom is 0.318 e. The number of aliphatic hydroxyl groups is 1. The number of carboxylic acids is 1. The molecule has 2 heterocycles. The predicted octanol–water partition coefficient (Wildman–Crippen LogP) is 0.937. The second-order valence-electron chi connectivity index (χ2n) is 6.34. The van der Waals surface area contributed by atoms with Gasteiger partial charge < -0.3 is 20.4 Å². The number of hydrogen-bond donors (Lipinski definition) is 3. The lowest BCUT2D eigenvalue weighted by molar-refractivity contribution is -0.142. The van der Waals surface area contributed by atoms with Crippen LogP contribution in [-0.4, -0.2) is 51.3 Å². The Morgan fingerprint density at radius 3 is 2.35 bits per heavy atom. The molecule has 20 heavy (non-hydrogen) atoms. The van der Waals surface area contributed by atoms with Crippen LogP contribution in [0.25, 0.3) is 0 Å². The minimum Gasteiger partial charge on any atom is -0.481 e. The summed E-state index contributed by atoms with van der Waals surface area (Å²) >= 11 is 0. The van der Waals surface area contributed by atoms with Gasteiger partial charge in [0.2, 0.25) is 0 Å². The standard InChI is InChI=1S/C14H22N2O4/c17-10-4-1-8(2-5-10)15-14(20)16-9-3-6-12(16)11(7-9)13(18)19/h8-12,17H,1-7H2,(H,15,20)(H,18,19). The molecule has 6 nitrogen and oxygen atoms in total. The molecule has 3 N–H and O–H groups in total. The molecule has 2 amide bonds. The van der Waals surface area contributed by atoms with Gasteiger partial charge in [0.25, 0.3) is 0 Å². The highest BCUT2D eigenvalue weighted by Gasteiger charge is 2.51. The first kappa shape index (κ1) is 13.7. The molecular weight excluding hydrogens is 260 g/mol. The molecule has 3 atom stereocenters. The van der Waals surface area contributed by atoms with E-state index in [0.29, 0.717) is 6.42 Å². The fraction of sp³-hybridized carbons (Fsp3) is 0.857. The Kier molecular flexibility index (Phi) is 3.58. The van der Waals surface area contributed by atoms with Crippen LogP contribution >= 0.6 is 0 Å². The third-order valence-electron chi connectivity index (χ3n) is 5.11. The lowest BCUT2D eigenvalue weighted by Gasteiger charge is -2.30. The van der Waals surface area contributed by atoms with Crippen molar-refractivity contribution in [3.63, 3.8) is 0 Å². The van der Waals surface area contributed by atoms with Crippen LogP contribution in [-0.2, 0) is 4.79 Å². The Balaban J connectivity index is 1.59. The highest BCUT2D eigenvalue weighted by molar-refractivity contribution is 5.79. The fourth-order valence-corrected chi connectivity index (χ4v) is 4.04. The van der Waals surface area contributed by atoms with Crippen molar-refractivity contribution in [1.29, 1.82) is 0 Å². The van der Waals surface area contributed by atoms with E-state index in [1.54, 1.807) is 4.90 Å². The molecule has 3 aliphatic rings. The van der Waals surface area contributed by atoms with Gasteiger partial charge in [-0.15, -0.1) is 0 Å². The van der Waals surface area contributed by atoms with E-state index in [2.05, 4.69) is 5.32 Å². The minimum absolute atomic E-state index is 0.0929. The highest BCUT2D eigenvalue weighted by Crippen LogP contribution is 2.41. The van der Waals surface area contributed by atoms with Gasteiger partial charge in [-0.2, -0.15) is 0 Å². The van der Waals surface area contributed by atoms with Gasteiger partial charge in [0.05, 0.1) is 12.0 Å². The molecule has 1 aliphatic carbocycles. The summed E-state index contributed by atoms with van der Waals surface area (Å²) < 4.78 is 0. The molecule has 112 valence electrons. The van der Waals surface area contributed by atoms with Crippen molar-refractivity contribution >= 4 is 12.0 Å². The van der Waals surface area contributed by atoms with Crippen molar-refractivity contribution in [2.24, 2.45) is 5.92 Å². The van der Waals surface area contributed by atoms with E-state index in [-0.39, 0.29) is 30.3 Å². The van der Waals surface area contributed by atoms with Crippen molar-refractivity contribution in [2.75, 3.05) is 0 Å². The monoisotopic (exact) mass is 282 g/mol. The Labute approximate surface area is 118 Å². The summed E-state index contributed by atoms with van der Waals surface area (Å²) in [7, 11) is 0. The normalized spacial score (nSPS) is 39.9. The number of nitrogens with zero attached hydrogens (tertiary/aromatic N) is 1. The molecule has 3 rings (SSSR count). The quantitative estimate of drug-likeness (QED) is 0.703. The molecular formula is C14H22N2O4. The zero-order chi connectivity index (χ0) is 14.3. The number of nitrogens with one attached hydrogen (secondary N) is 1. The summed E-state index contributed by atoms with van der Waals surface area (Å²) in [5, 5.41) is 21.7. The third kappa shape index (κ3) is 2.37. The topological polar surface area (TPSA) is 89.9 Å². The molecule has 1 saturated carbocycles. The van der Waals surface area contributed by atoms with Crippen molar-refractivity contribution in [3.05, 3.63) is 0 Å². The molecule has 0 aromatic carbocycles. The number of rotatable bonds is 2. The number of aliphatic hydroxyl groups excluding tert-OH is 1. The molecule has 0 spiro atoms. The molecule has 2 saturated heterocycles. The van der Waals surface area contributed by atoms with Gasteiger partial charge in [0.1, 0.15) is 0 Å². The first-order valence-corrected chi connectivity index (χ1v) is 7.56. The second-order valence-corrected chi connectivity index (χ2v) is 6.34. The van der Waals surface area contributed by atoms with E-state index in [1.165, 1.54) is 0 Å². The second kappa shape index (κ2) is 5.24. The van der Waals surface area contributed by atoms with E-state index < -0.39 is 11.9 Å². The first-order valence-electron chi connectivity index (χ1n) is 7.56. The molecule has 0 aromatic rings. The molecule has 0 aromatic heterocycles. The van der Waals surface area contributed by atoms with Crippen LogP contribution in [0.2, 0.25) is 0 Å². The fourth-order valence-electron chi connectivity index (χ4n) is 4.04. The summed E-state index contributed by atoms with van der Waals surface area (Å²) in [6, 6.07) is -0.0289. The van der Waals surface area contributed by atoms with Crippen molar-refractivity contribution in [1.82, 2.24) is 10.2 Å².